The van der Waals surface area contributed by atoms with Gasteiger partial charge in [-0.25, -0.2) is 13.2 Å². The lowest BCUT2D eigenvalue weighted by atomic mass is 9.79. The van der Waals surface area contributed by atoms with Crippen molar-refractivity contribution < 1.29 is 13.2 Å². The Morgan fingerprint density at radius 3 is 2.32 bits per heavy atom. The van der Waals surface area contributed by atoms with Crippen molar-refractivity contribution in [3.8, 4) is 0 Å². The second-order valence-corrected chi connectivity index (χ2v) is 5.28. The topological polar surface area (TPSA) is 12.0 Å². The van der Waals surface area contributed by atoms with Crippen molar-refractivity contribution in [3.05, 3.63) is 35.6 Å². The van der Waals surface area contributed by atoms with Crippen LogP contribution in [0.2, 0.25) is 0 Å². The highest BCUT2D eigenvalue weighted by atomic mass is 19.3. The van der Waals surface area contributed by atoms with Gasteiger partial charge in [0.25, 0.3) is 0 Å². The molecule has 19 heavy (non-hydrogen) atoms. The molecule has 2 rings (SSSR count). The minimum absolute atomic E-state index is 0.0409. The van der Waals surface area contributed by atoms with E-state index in [1.807, 2.05) is 6.92 Å². The number of alkyl halides is 2. The summed E-state index contributed by atoms with van der Waals surface area (Å²) < 4.78 is 39.4. The Hall–Kier alpha value is -1.03. The van der Waals surface area contributed by atoms with Gasteiger partial charge in [-0.15, -0.1) is 0 Å². The van der Waals surface area contributed by atoms with Crippen LogP contribution in [0.1, 0.15) is 44.2 Å². The van der Waals surface area contributed by atoms with Crippen LogP contribution in [0, 0.1) is 11.7 Å². The summed E-state index contributed by atoms with van der Waals surface area (Å²) in [7, 11) is 0. The molecule has 106 valence electrons. The minimum atomic E-state index is -2.50. The second kappa shape index (κ2) is 5.95. The fourth-order valence-corrected chi connectivity index (χ4v) is 2.84. The van der Waals surface area contributed by atoms with Gasteiger partial charge < -0.3 is 5.32 Å². The molecule has 1 unspecified atom stereocenters. The summed E-state index contributed by atoms with van der Waals surface area (Å²) in [5.41, 5.74) is 0.985. The van der Waals surface area contributed by atoms with Crippen LogP contribution in [0.5, 0.6) is 0 Å². The molecular weight excluding hydrogens is 251 g/mol. The van der Waals surface area contributed by atoms with Gasteiger partial charge in [0, 0.05) is 18.9 Å². The highest BCUT2D eigenvalue weighted by Crippen LogP contribution is 2.41. The number of benzene rings is 1. The Labute approximate surface area is 112 Å². The Kier molecular flexibility index (Phi) is 4.50. The summed E-state index contributed by atoms with van der Waals surface area (Å²) in [5, 5.41) is 3.35. The molecule has 4 heteroatoms. The molecule has 0 heterocycles. The van der Waals surface area contributed by atoms with E-state index in [4.69, 9.17) is 0 Å². The first kappa shape index (κ1) is 14.4. The van der Waals surface area contributed by atoms with Crippen molar-refractivity contribution in [1.29, 1.82) is 0 Å². The highest BCUT2D eigenvalue weighted by molar-refractivity contribution is 5.21. The van der Waals surface area contributed by atoms with E-state index in [9.17, 15) is 13.2 Å². The highest BCUT2D eigenvalue weighted by Gasteiger charge is 2.37. The molecule has 0 bridgehead atoms. The summed E-state index contributed by atoms with van der Waals surface area (Å²) in [6, 6.07) is 6.39. The zero-order valence-electron chi connectivity index (χ0n) is 11.1. The molecular formula is C15H20F3N. The SMILES string of the molecule is CCNC(c1ccc(F)cc1)C1CCC(F)(F)CC1. The molecule has 0 aromatic heterocycles. The van der Waals surface area contributed by atoms with Crippen molar-refractivity contribution in [2.45, 2.75) is 44.6 Å². The summed E-state index contributed by atoms with van der Waals surface area (Å²) in [6.45, 7) is 2.77. The van der Waals surface area contributed by atoms with E-state index in [1.54, 1.807) is 12.1 Å². The Morgan fingerprint density at radius 1 is 1.21 bits per heavy atom. The van der Waals surface area contributed by atoms with E-state index in [0.29, 0.717) is 12.8 Å². The lowest BCUT2D eigenvalue weighted by Crippen LogP contribution is -2.34. The predicted octanol–water partition coefficient (Wildman–Crippen LogP) is 4.30. The van der Waals surface area contributed by atoms with Crippen LogP contribution in [0.15, 0.2) is 24.3 Å². The van der Waals surface area contributed by atoms with Gasteiger partial charge in [-0.1, -0.05) is 19.1 Å². The molecule has 0 saturated heterocycles. The van der Waals surface area contributed by atoms with Crippen molar-refractivity contribution in [1.82, 2.24) is 5.32 Å². The monoisotopic (exact) mass is 271 g/mol. The van der Waals surface area contributed by atoms with E-state index in [2.05, 4.69) is 5.32 Å². The van der Waals surface area contributed by atoms with Crippen molar-refractivity contribution >= 4 is 0 Å². The van der Waals surface area contributed by atoms with Gasteiger partial charge in [0.05, 0.1) is 0 Å². The van der Waals surface area contributed by atoms with Gasteiger partial charge in [0.2, 0.25) is 5.92 Å². The van der Waals surface area contributed by atoms with Gasteiger partial charge in [0.15, 0.2) is 0 Å². The molecule has 1 saturated carbocycles. The van der Waals surface area contributed by atoms with Crippen LogP contribution in [0.4, 0.5) is 13.2 Å². The quantitative estimate of drug-likeness (QED) is 0.860. The molecule has 1 aromatic carbocycles. The number of rotatable bonds is 4. The van der Waals surface area contributed by atoms with Gasteiger partial charge in [-0.05, 0) is 43.0 Å². The molecule has 0 aliphatic heterocycles. The van der Waals surface area contributed by atoms with E-state index < -0.39 is 5.92 Å². The number of nitrogens with one attached hydrogen (secondary N) is 1. The summed E-state index contributed by atoms with van der Waals surface area (Å²) in [6.07, 6.45) is 0.950. The average molecular weight is 271 g/mol. The number of hydrogen-bond donors (Lipinski definition) is 1. The lowest BCUT2D eigenvalue weighted by Gasteiger charge is -2.34. The maximum absolute atomic E-state index is 13.2. The number of hydrogen-bond acceptors (Lipinski definition) is 1. The molecule has 0 amide bonds. The molecule has 0 radical (unpaired) electrons. The van der Waals surface area contributed by atoms with Crippen molar-refractivity contribution in [3.63, 3.8) is 0 Å². The standard InChI is InChI=1S/C15H20F3N/c1-2-19-14(11-3-5-13(16)6-4-11)12-7-9-15(17,18)10-8-12/h3-6,12,14,19H,2,7-10H2,1H3. The zero-order chi connectivity index (χ0) is 13.9. The molecule has 1 atom stereocenters. The van der Waals surface area contributed by atoms with Crippen molar-refractivity contribution in [2.75, 3.05) is 6.54 Å². The van der Waals surface area contributed by atoms with E-state index >= 15 is 0 Å². The van der Waals surface area contributed by atoms with Gasteiger partial charge in [-0.3, -0.25) is 0 Å². The third-order valence-electron chi connectivity index (χ3n) is 3.89. The normalized spacial score (nSPS) is 21.3. The van der Waals surface area contributed by atoms with Crippen LogP contribution >= 0.6 is 0 Å². The third-order valence-corrected chi connectivity index (χ3v) is 3.89. The first-order chi connectivity index (χ1) is 9.02. The average Bonchev–Trinajstić information content (AvgIpc) is 2.38. The van der Waals surface area contributed by atoms with Crippen LogP contribution < -0.4 is 5.32 Å². The first-order valence-corrected chi connectivity index (χ1v) is 6.88. The van der Waals surface area contributed by atoms with E-state index in [0.717, 1.165) is 12.1 Å². The molecule has 1 nitrogen and oxygen atoms in total. The molecule has 1 N–H and O–H groups in total. The van der Waals surface area contributed by atoms with Crippen LogP contribution in [0.25, 0.3) is 0 Å². The van der Waals surface area contributed by atoms with E-state index in [-0.39, 0.29) is 30.6 Å². The smallest absolute Gasteiger partial charge is 0.248 e. The Balaban J connectivity index is 2.10. The fraction of sp³-hybridized carbons (Fsp3) is 0.600. The van der Waals surface area contributed by atoms with E-state index in [1.165, 1.54) is 12.1 Å². The third kappa shape index (κ3) is 3.72. The Bertz CT molecular complexity index is 392. The van der Waals surface area contributed by atoms with Gasteiger partial charge in [-0.2, -0.15) is 0 Å². The Morgan fingerprint density at radius 2 is 1.79 bits per heavy atom. The maximum atomic E-state index is 13.2. The minimum Gasteiger partial charge on any atom is -0.310 e. The lowest BCUT2D eigenvalue weighted by molar-refractivity contribution is -0.0497. The molecule has 1 aromatic rings. The molecule has 1 aliphatic rings. The summed E-state index contributed by atoms with van der Waals surface area (Å²) >= 11 is 0. The van der Waals surface area contributed by atoms with Crippen molar-refractivity contribution in [2.24, 2.45) is 5.92 Å². The predicted molar refractivity (Wildman–Crippen MR) is 69.7 cm³/mol. The molecule has 1 aliphatic carbocycles. The fourth-order valence-electron chi connectivity index (χ4n) is 2.84. The molecule has 1 fully saturated rings. The van der Waals surface area contributed by atoms with Gasteiger partial charge >= 0.3 is 0 Å². The molecule has 0 spiro atoms. The maximum Gasteiger partial charge on any atom is 0.248 e. The van der Waals surface area contributed by atoms with Gasteiger partial charge in [0.1, 0.15) is 5.82 Å². The zero-order valence-corrected chi connectivity index (χ0v) is 11.1. The first-order valence-electron chi connectivity index (χ1n) is 6.88. The van der Waals surface area contributed by atoms with Crippen LogP contribution in [-0.4, -0.2) is 12.5 Å². The number of halogens is 3. The second-order valence-electron chi connectivity index (χ2n) is 5.28. The largest absolute Gasteiger partial charge is 0.310 e. The van der Waals surface area contributed by atoms with Crippen LogP contribution in [-0.2, 0) is 0 Å². The summed E-state index contributed by atoms with van der Waals surface area (Å²) in [5.74, 6) is -2.57. The van der Waals surface area contributed by atoms with Crippen LogP contribution in [0.3, 0.4) is 0 Å². The summed E-state index contributed by atoms with van der Waals surface area (Å²) in [4.78, 5) is 0.